The Kier molecular flexibility index (Phi) is 5.59. The monoisotopic (exact) mass is 753 g/mol. The normalized spacial score (nSPS) is 28.6. The minimum absolute atomic E-state index is 0.220. The van der Waals surface area contributed by atoms with Gasteiger partial charge in [-0.3, -0.25) is 0 Å². The summed E-state index contributed by atoms with van der Waals surface area (Å²) in [6.45, 7) is 10.1. The summed E-state index contributed by atoms with van der Waals surface area (Å²) in [6, 6.07) is 9.25. The second-order valence-corrected chi connectivity index (χ2v) is 81.9. The van der Waals surface area contributed by atoms with Crippen molar-refractivity contribution >= 4 is 42.4 Å². The summed E-state index contributed by atoms with van der Waals surface area (Å²) in [6.07, 6.45) is 15.7. The van der Waals surface area contributed by atoms with Crippen molar-refractivity contribution in [3.63, 3.8) is 0 Å². The molecule has 2 unspecified atom stereocenters. The third kappa shape index (κ3) is 2.72. The third-order valence-corrected chi connectivity index (χ3v) is 76.6. The number of hydrogen-bond donors (Lipinski definition) is 0. The van der Waals surface area contributed by atoms with E-state index in [2.05, 4.69) is 113 Å². The van der Waals surface area contributed by atoms with E-state index >= 15 is 0 Å². The summed E-state index contributed by atoms with van der Waals surface area (Å²) in [4.78, 5) is 0. The maximum absolute atomic E-state index is 3.67. The quantitative estimate of drug-likeness (QED) is 0.213. The first-order valence-electron chi connectivity index (χ1n) is 10.5. The standard InChI is InChI=1S/C12H13.C9H11.C3H7.Hf.2HI/c1-9(2)11-8-7-10-5-3-4-6-12(10)11;1-2-5-9-7-3-6-8(9)4-1;1-3-2;;;/h3-9H,1-2H3;3,6-7H,1-2,4-5H2;3H,1-2H3;;2*1H/q;;;+2;;/p-2. The molecule has 0 aromatic heterocycles. The summed E-state index contributed by atoms with van der Waals surface area (Å²) in [5.74, 6) is 0.616. The van der Waals surface area contributed by atoms with Crippen LogP contribution in [0.5, 0.6) is 0 Å². The van der Waals surface area contributed by atoms with Gasteiger partial charge >= 0.3 is 187 Å². The molecule has 2 atom stereocenters. The van der Waals surface area contributed by atoms with Crippen LogP contribution in [0, 0.1) is 5.92 Å². The van der Waals surface area contributed by atoms with Crippen LogP contribution in [0.3, 0.4) is 0 Å². The summed E-state index contributed by atoms with van der Waals surface area (Å²) < 4.78 is 1.67. The third-order valence-electron chi connectivity index (χ3n) is 7.68. The first-order chi connectivity index (χ1) is 12.7. The zero-order chi connectivity index (χ0) is 19.5. The van der Waals surface area contributed by atoms with Gasteiger partial charge in [-0.1, -0.05) is 0 Å². The van der Waals surface area contributed by atoms with Crippen molar-refractivity contribution in [2.24, 2.45) is 5.92 Å². The van der Waals surface area contributed by atoms with Crippen molar-refractivity contribution in [3.05, 3.63) is 64.8 Å². The van der Waals surface area contributed by atoms with Crippen LogP contribution in [0.15, 0.2) is 53.6 Å². The SMILES string of the molecule is CC(C)[C]1([Hf]([I])([I])([CH](C)C)[CH]2C=CC3=C2CCCC3)C=Cc2ccccc21. The van der Waals surface area contributed by atoms with E-state index in [1.807, 2.05) is 5.57 Å². The van der Waals surface area contributed by atoms with Gasteiger partial charge in [0.2, 0.25) is 0 Å². The van der Waals surface area contributed by atoms with E-state index in [9.17, 15) is 0 Å². The Hall–Kier alpha value is 0.770. The van der Waals surface area contributed by atoms with Gasteiger partial charge in [0.1, 0.15) is 0 Å². The van der Waals surface area contributed by atoms with Crippen molar-refractivity contribution in [2.45, 2.75) is 63.9 Å². The predicted octanol–water partition coefficient (Wildman–Crippen LogP) is 9.01. The topological polar surface area (TPSA) is 0 Å². The molecule has 0 nitrogen and oxygen atoms in total. The Morgan fingerprint density at radius 2 is 1.70 bits per heavy atom. The molecule has 3 aliphatic carbocycles. The molecular weight excluding hydrogens is 721 g/mol. The van der Waals surface area contributed by atoms with Gasteiger partial charge < -0.3 is 0 Å². The van der Waals surface area contributed by atoms with E-state index in [-0.39, 0.29) is 3.17 Å². The molecule has 1 aromatic carbocycles. The Labute approximate surface area is 185 Å². The number of fused-ring (bicyclic) bond motifs is 1. The van der Waals surface area contributed by atoms with Crippen molar-refractivity contribution in [1.82, 2.24) is 0 Å². The van der Waals surface area contributed by atoms with Crippen LogP contribution in [0.25, 0.3) is 6.08 Å². The molecule has 0 heterocycles. The molecule has 0 radical (unpaired) electrons. The van der Waals surface area contributed by atoms with Crippen LogP contribution in [0.4, 0.5) is 0 Å². The van der Waals surface area contributed by atoms with Gasteiger partial charge in [0.15, 0.2) is 0 Å². The predicted molar refractivity (Wildman–Crippen MR) is 134 cm³/mol. The van der Waals surface area contributed by atoms with Gasteiger partial charge in [-0.2, -0.15) is 0 Å². The summed E-state index contributed by atoms with van der Waals surface area (Å²) >= 11 is 6.25. The van der Waals surface area contributed by atoms with Gasteiger partial charge in [-0.15, -0.1) is 0 Å². The van der Waals surface area contributed by atoms with Gasteiger partial charge in [0.25, 0.3) is 0 Å². The Balaban J connectivity index is 2.01. The second kappa shape index (κ2) is 7.18. The molecule has 0 N–H and O–H groups in total. The molecular formula is C24H31HfI2. The first-order valence-corrected chi connectivity index (χ1v) is 36.8. The van der Waals surface area contributed by atoms with Crippen LogP contribution in [0.2, 0.25) is 7.35 Å². The van der Waals surface area contributed by atoms with E-state index in [0.29, 0.717) is 9.59 Å². The van der Waals surface area contributed by atoms with Crippen molar-refractivity contribution in [2.75, 3.05) is 0 Å². The molecule has 0 amide bonds. The van der Waals surface area contributed by atoms with Crippen molar-refractivity contribution in [3.8, 4) is 0 Å². The molecule has 0 saturated heterocycles. The Morgan fingerprint density at radius 3 is 2.41 bits per heavy atom. The second-order valence-electron chi connectivity index (χ2n) is 9.35. The van der Waals surface area contributed by atoms with E-state index in [0.717, 1.165) is 3.67 Å². The zero-order valence-electron chi connectivity index (χ0n) is 16.9. The van der Waals surface area contributed by atoms with Crippen molar-refractivity contribution in [1.29, 1.82) is 0 Å². The molecule has 0 spiro atoms. The molecule has 0 fully saturated rings. The van der Waals surface area contributed by atoms with Gasteiger partial charge in [0.05, 0.1) is 0 Å². The first kappa shape index (κ1) is 21.0. The summed E-state index contributed by atoms with van der Waals surface area (Å²) in [5, 5.41) is 0. The van der Waals surface area contributed by atoms with E-state index in [1.54, 1.807) is 11.1 Å². The Bertz CT molecular complexity index is 859. The van der Waals surface area contributed by atoms with E-state index < -0.39 is 10.2 Å². The van der Waals surface area contributed by atoms with Gasteiger partial charge in [0, 0.05) is 0 Å². The molecule has 4 rings (SSSR count). The Morgan fingerprint density at radius 1 is 1.00 bits per heavy atom. The minimum atomic E-state index is -3.67. The van der Waals surface area contributed by atoms with E-state index in [1.165, 1.54) is 31.2 Å². The molecule has 3 heteroatoms. The molecule has 0 bridgehead atoms. The number of benzene rings is 1. The fourth-order valence-electron chi connectivity index (χ4n) is 6.22. The number of hydrogen-bond acceptors (Lipinski definition) is 0. The van der Waals surface area contributed by atoms with Crippen LogP contribution >= 0.6 is 36.3 Å². The summed E-state index contributed by atoms with van der Waals surface area (Å²) in [7, 11) is -3.67. The number of halogens is 2. The fourth-order valence-corrected chi connectivity index (χ4v) is 54.7. The zero-order valence-corrected chi connectivity index (χ0v) is 24.8. The summed E-state index contributed by atoms with van der Waals surface area (Å²) in [5.41, 5.74) is 6.60. The fraction of sp³-hybridized carbons (Fsp3) is 0.500. The number of rotatable bonds is 4. The maximum atomic E-state index is 3.13. The molecule has 3 aliphatic rings. The van der Waals surface area contributed by atoms with Gasteiger partial charge in [-0.05, 0) is 0 Å². The molecule has 27 heavy (non-hydrogen) atoms. The molecule has 1 aromatic rings. The molecule has 0 saturated carbocycles. The van der Waals surface area contributed by atoms with Gasteiger partial charge in [-0.25, -0.2) is 0 Å². The molecule has 0 aliphatic heterocycles. The van der Waals surface area contributed by atoms with Crippen LogP contribution < -0.4 is 0 Å². The van der Waals surface area contributed by atoms with E-state index in [4.69, 9.17) is 0 Å². The van der Waals surface area contributed by atoms with Crippen molar-refractivity contribution < 1.29 is 10.2 Å². The van der Waals surface area contributed by atoms with Crippen LogP contribution in [0.1, 0.15) is 64.5 Å². The van der Waals surface area contributed by atoms with Crippen LogP contribution in [-0.4, -0.2) is 0 Å². The van der Waals surface area contributed by atoms with Crippen LogP contribution in [-0.2, 0) is 13.4 Å². The average molecular weight is 752 g/mol. The average Bonchev–Trinajstić information content (AvgIpc) is 3.25. The molecule has 145 valence electrons. The number of allylic oxidation sites excluding steroid dienone is 5.